The molecule has 32 heavy (non-hydrogen) atoms. The van der Waals surface area contributed by atoms with Crippen molar-refractivity contribution in [3.05, 3.63) is 68.0 Å². The molecule has 5 aromatic rings. The van der Waals surface area contributed by atoms with Crippen LogP contribution in [-0.2, 0) is 4.79 Å². The van der Waals surface area contributed by atoms with E-state index in [1.54, 1.807) is 6.07 Å². The topological polar surface area (TPSA) is 79.9 Å². The Morgan fingerprint density at radius 2 is 1.59 bits per heavy atom. The van der Waals surface area contributed by atoms with Crippen molar-refractivity contribution in [3.63, 3.8) is 0 Å². The van der Waals surface area contributed by atoms with Crippen LogP contribution in [0.4, 0.5) is 0 Å². The van der Waals surface area contributed by atoms with Crippen LogP contribution in [0.25, 0.3) is 43.8 Å². The summed E-state index contributed by atoms with van der Waals surface area (Å²) in [5.74, 6) is -0.964. The van der Waals surface area contributed by atoms with E-state index in [-0.39, 0.29) is 16.0 Å². The number of halogens is 3. The first-order valence-corrected chi connectivity index (χ1v) is 11.8. The van der Waals surface area contributed by atoms with Crippen molar-refractivity contribution in [3.8, 4) is 22.6 Å². The molecule has 0 aliphatic rings. The first kappa shape index (κ1) is 21.3. The zero-order chi connectivity index (χ0) is 22.6. The second-order valence-electron chi connectivity index (χ2n) is 7.12. The maximum absolute atomic E-state index is 11.2. The maximum Gasteiger partial charge on any atom is 0.341 e. The number of hydrogen-bond acceptors (Lipinski definition) is 4. The van der Waals surface area contributed by atoms with Crippen molar-refractivity contribution in [1.29, 1.82) is 0 Å². The van der Waals surface area contributed by atoms with Gasteiger partial charge >= 0.3 is 5.97 Å². The van der Waals surface area contributed by atoms with Gasteiger partial charge in [-0.3, -0.25) is 0 Å². The van der Waals surface area contributed by atoms with Crippen LogP contribution >= 0.6 is 47.8 Å². The van der Waals surface area contributed by atoms with Crippen molar-refractivity contribution in [2.24, 2.45) is 0 Å². The van der Waals surface area contributed by atoms with E-state index < -0.39 is 12.6 Å². The first-order chi connectivity index (χ1) is 15.4. The molecule has 0 radical (unpaired) electrons. The van der Waals surface area contributed by atoms with Gasteiger partial charge in [0.2, 0.25) is 0 Å². The summed E-state index contributed by atoms with van der Waals surface area (Å²) in [6, 6.07) is 17.3. The minimum Gasteiger partial charge on any atom is -0.506 e. The Balaban J connectivity index is 1.92. The van der Waals surface area contributed by atoms with Gasteiger partial charge < -0.3 is 19.4 Å². The molecule has 0 atom stereocenters. The number of phenols is 1. The zero-order valence-corrected chi connectivity index (χ0v) is 20.9. The second kappa shape index (κ2) is 8.10. The van der Waals surface area contributed by atoms with Crippen molar-refractivity contribution in [1.82, 2.24) is 0 Å². The highest BCUT2D eigenvalue weighted by molar-refractivity contribution is 9.11. The summed E-state index contributed by atoms with van der Waals surface area (Å²) >= 11 is 10.6. The van der Waals surface area contributed by atoms with Crippen molar-refractivity contribution in [2.45, 2.75) is 0 Å². The van der Waals surface area contributed by atoms with Gasteiger partial charge in [0.25, 0.3) is 0 Å². The first-order valence-electron chi connectivity index (χ1n) is 9.45. The SMILES string of the molecule is O=C(O)COc1c(Br)cc(-c2c3ccccc3c(Br)c3oc4ccccc4c23)c(O)c1Br. The van der Waals surface area contributed by atoms with Crippen molar-refractivity contribution in [2.75, 3.05) is 6.61 Å². The van der Waals surface area contributed by atoms with Gasteiger partial charge in [-0.1, -0.05) is 42.5 Å². The number of ether oxygens (including phenoxy) is 1. The molecule has 5 rings (SSSR count). The molecular formula is C24H13Br3O5. The number of fused-ring (bicyclic) bond motifs is 4. The summed E-state index contributed by atoms with van der Waals surface area (Å²) in [6.45, 7) is -0.534. The lowest BCUT2D eigenvalue weighted by Crippen LogP contribution is -2.10. The molecule has 8 heteroatoms. The van der Waals surface area contributed by atoms with Gasteiger partial charge in [-0.25, -0.2) is 4.79 Å². The van der Waals surface area contributed by atoms with E-state index in [0.717, 1.165) is 37.2 Å². The maximum atomic E-state index is 11.2. The molecule has 1 heterocycles. The normalized spacial score (nSPS) is 11.5. The molecule has 0 saturated carbocycles. The molecule has 0 aliphatic heterocycles. The molecule has 0 amide bonds. The number of benzene rings is 4. The monoisotopic (exact) mass is 618 g/mol. The molecular weight excluding hydrogens is 608 g/mol. The fraction of sp³-hybridized carbons (Fsp3) is 0.0417. The lowest BCUT2D eigenvalue weighted by molar-refractivity contribution is -0.139. The quantitative estimate of drug-likeness (QED) is 0.214. The highest BCUT2D eigenvalue weighted by atomic mass is 79.9. The molecule has 0 bridgehead atoms. The minimum atomic E-state index is -1.11. The van der Waals surface area contributed by atoms with Crippen LogP contribution < -0.4 is 4.74 Å². The van der Waals surface area contributed by atoms with Crippen LogP contribution in [0.3, 0.4) is 0 Å². The van der Waals surface area contributed by atoms with E-state index in [4.69, 9.17) is 14.3 Å². The average molecular weight is 621 g/mol. The zero-order valence-electron chi connectivity index (χ0n) is 16.2. The number of rotatable bonds is 4. The van der Waals surface area contributed by atoms with Crippen LogP contribution in [0.1, 0.15) is 0 Å². The Hall–Kier alpha value is -2.55. The predicted octanol–water partition coefficient (Wildman–Crippen LogP) is 7.86. The van der Waals surface area contributed by atoms with Gasteiger partial charge in [0.15, 0.2) is 17.9 Å². The van der Waals surface area contributed by atoms with Crippen LogP contribution in [0.5, 0.6) is 11.5 Å². The summed E-state index contributed by atoms with van der Waals surface area (Å²) < 4.78 is 13.2. The number of carbonyl (C=O) groups is 1. The molecule has 0 fully saturated rings. The van der Waals surface area contributed by atoms with Gasteiger partial charge in [0.1, 0.15) is 15.8 Å². The van der Waals surface area contributed by atoms with E-state index in [0.29, 0.717) is 15.6 Å². The van der Waals surface area contributed by atoms with Crippen LogP contribution in [-0.4, -0.2) is 22.8 Å². The number of carboxylic acids is 1. The molecule has 4 aromatic carbocycles. The average Bonchev–Trinajstić information content (AvgIpc) is 3.17. The Morgan fingerprint density at radius 1 is 0.938 bits per heavy atom. The van der Waals surface area contributed by atoms with Gasteiger partial charge in [-0.2, -0.15) is 0 Å². The summed E-state index contributed by atoms with van der Waals surface area (Å²) in [6.07, 6.45) is 0. The Morgan fingerprint density at radius 3 is 2.31 bits per heavy atom. The van der Waals surface area contributed by atoms with Gasteiger partial charge in [0.05, 0.1) is 8.95 Å². The largest absolute Gasteiger partial charge is 0.506 e. The van der Waals surface area contributed by atoms with E-state index in [2.05, 4.69) is 47.8 Å². The lowest BCUT2D eigenvalue weighted by Gasteiger charge is -2.16. The lowest BCUT2D eigenvalue weighted by atomic mass is 9.92. The second-order valence-corrected chi connectivity index (χ2v) is 9.56. The summed E-state index contributed by atoms with van der Waals surface area (Å²) in [7, 11) is 0. The number of phenolic OH excluding ortho intramolecular Hbond substituents is 1. The number of furan rings is 1. The predicted molar refractivity (Wildman–Crippen MR) is 135 cm³/mol. The summed E-state index contributed by atoms with van der Waals surface area (Å²) in [5, 5.41) is 23.8. The van der Waals surface area contributed by atoms with Crippen molar-refractivity contribution >= 4 is 86.5 Å². The molecule has 0 spiro atoms. The third-order valence-corrected chi connectivity index (χ3v) is 7.35. The standard InChI is InChI=1S/C24H13Br3O5/c25-15-9-14(22(30)21(27)23(15)31-10-17(28)29)18-11-5-1-2-6-12(11)20(26)24-19(18)13-7-3-4-8-16(13)32-24/h1-9,30H,10H2,(H,28,29). The Labute approximate surface area is 207 Å². The highest BCUT2D eigenvalue weighted by Crippen LogP contribution is 2.52. The number of para-hydroxylation sites is 1. The molecule has 0 unspecified atom stereocenters. The van der Waals surface area contributed by atoms with Crippen LogP contribution in [0.15, 0.2) is 72.4 Å². The van der Waals surface area contributed by atoms with Crippen molar-refractivity contribution < 1.29 is 24.2 Å². The highest BCUT2D eigenvalue weighted by Gasteiger charge is 2.25. The van der Waals surface area contributed by atoms with Gasteiger partial charge in [0, 0.05) is 27.3 Å². The molecule has 5 nitrogen and oxygen atoms in total. The fourth-order valence-electron chi connectivity index (χ4n) is 3.93. The number of hydrogen-bond donors (Lipinski definition) is 2. The van der Waals surface area contributed by atoms with E-state index >= 15 is 0 Å². The number of aromatic hydroxyl groups is 1. The molecule has 160 valence electrons. The third-order valence-electron chi connectivity index (χ3n) is 5.24. The number of aliphatic carboxylic acids is 1. The smallest absolute Gasteiger partial charge is 0.341 e. The molecule has 0 saturated heterocycles. The third kappa shape index (κ3) is 3.29. The number of carboxylic acid groups (broad SMARTS) is 1. The molecule has 0 aliphatic carbocycles. The minimum absolute atomic E-state index is 0.0624. The molecule has 1 aromatic heterocycles. The van der Waals surface area contributed by atoms with Gasteiger partial charge in [-0.05, 0) is 65.3 Å². The van der Waals surface area contributed by atoms with Gasteiger partial charge in [-0.15, -0.1) is 0 Å². The van der Waals surface area contributed by atoms with Crippen LogP contribution in [0.2, 0.25) is 0 Å². The van der Waals surface area contributed by atoms with E-state index in [1.807, 2.05) is 48.5 Å². The Bertz CT molecular complexity index is 1550. The summed E-state index contributed by atoms with van der Waals surface area (Å²) in [4.78, 5) is 11.0. The molecule has 2 N–H and O–H groups in total. The van der Waals surface area contributed by atoms with E-state index in [1.165, 1.54) is 0 Å². The summed E-state index contributed by atoms with van der Waals surface area (Å²) in [5.41, 5.74) is 2.76. The Kier molecular flexibility index (Phi) is 5.39. The van der Waals surface area contributed by atoms with E-state index in [9.17, 15) is 9.90 Å². The van der Waals surface area contributed by atoms with Crippen LogP contribution in [0, 0.1) is 0 Å². The fourth-order valence-corrected chi connectivity index (χ4v) is 5.90.